The first-order valence-corrected chi connectivity index (χ1v) is 6.56. The summed E-state index contributed by atoms with van der Waals surface area (Å²) in [5, 5.41) is 8.66. The molecule has 1 nitrogen and oxygen atoms in total. The van der Waals surface area contributed by atoms with E-state index < -0.39 is 0 Å². The van der Waals surface area contributed by atoms with Gasteiger partial charge in [-0.25, -0.2) is 0 Å². The first-order valence-electron chi connectivity index (χ1n) is 6.56. The maximum Gasteiger partial charge on any atom is 0.0669 e. The fraction of sp³-hybridized carbons (Fsp3) is 0.562. The van der Waals surface area contributed by atoms with Crippen molar-refractivity contribution in [3.05, 3.63) is 35.4 Å². The van der Waals surface area contributed by atoms with Gasteiger partial charge in [-0.05, 0) is 41.7 Å². The first-order chi connectivity index (χ1) is 8.11. The maximum absolute atomic E-state index is 8.66. The van der Waals surface area contributed by atoms with E-state index in [1.54, 1.807) is 0 Å². The Balaban J connectivity index is 2.09. The monoisotopic (exact) mass is 227 g/mol. The molecular formula is C16H21N. The average molecular weight is 227 g/mol. The van der Waals surface area contributed by atoms with E-state index >= 15 is 0 Å². The van der Waals surface area contributed by atoms with E-state index in [0.29, 0.717) is 11.8 Å². The van der Waals surface area contributed by atoms with Crippen LogP contribution in [-0.2, 0) is 6.42 Å². The molecular weight excluding hydrogens is 206 g/mol. The second-order valence-corrected chi connectivity index (χ2v) is 6.03. The van der Waals surface area contributed by atoms with Crippen LogP contribution in [0.2, 0.25) is 0 Å². The summed E-state index contributed by atoms with van der Waals surface area (Å²) in [6.07, 6.45) is 5.84. The molecule has 1 aliphatic rings. The van der Waals surface area contributed by atoms with Crippen molar-refractivity contribution in [1.82, 2.24) is 0 Å². The largest absolute Gasteiger partial charge is 0.198 e. The van der Waals surface area contributed by atoms with Crippen LogP contribution in [0.15, 0.2) is 24.3 Å². The third-order valence-corrected chi connectivity index (χ3v) is 3.94. The van der Waals surface area contributed by atoms with Crippen LogP contribution >= 0.6 is 0 Å². The van der Waals surface area contributed by atoms with Crippen molar-refractivity contribution in [2.24, 2.45) is 5.41 Å². The molecule has 1 fully saturated rings. The molecule has 0 saturated heterocycles. The van der Waals surface area contributed by atoms with Crippen LogP contribution < -0.4 is 0 Å². The number of benzene rings is 1. The number of rotatable bonds is 2. The molecule has 1 aliphatic carbocycles. The summed E-state index contributed by atoms with van der Waals surface area (Å²) in [7, 11) is 0. The first kappa shape index (κ1) is 12.2. The molecule has 1 aromatic carbocycles. The lowest BCUT2D eigenvalue weighted by Crippen LogP contribution is -2.21. The van der Waals surface area contributed by atoms with E-state index in [1.165, 1.54) is 31.2 Å². The Morgan fingerprint density at radius 3 is 2.59 bits per heavy atom. The summed E-state index contributed by atoms with van der Waals surface area (Å²) in [6, 6.07) is 10.9. The van der Waals surface area contributed by atoms with E-state index in [0.717, 1.165) is 11.5 Å². The Morgan fingerprint density at radius 2 is 2.00 bits per heavy atom. The van der Waals surface area contributed by atoms with Crippen LogP contribution in [0, 0.1) is 16.7 Å². The molecule has 1 unspecified atom stereocenters. The Kier molecular flexibility index (Phi) is 3.52. The zero-order valence-electron chi connectivity index (χ0n) is 10.9. The lowest BCUT2D eigenvalue weighted by molar-refractivity contribution is 0.219. The van der Waals surface area contributed by atoms with Crippen molar-refractivity contribution in [3.63, 3.8) is 0 Å². The highest BCUT2D eigenvalue weighted by molar-refractivity contribution is 5.27. The van der Waals surface area contributed by atoms with Crippen LogP contribution in [0.5, 0.6) is 0 Å². The smallest absolute Gasteiger partial charge is 0.0669 e. The molecule has 0 aliphatic heterocycles. The van der Waals surface area contributed by atoms with Crippen molar-refractivity contribution in [2.75, 3.05) is 0 Å². The Bertz CT molecular complexity index is 408. The van der Waals surface area contributed by atoms with Crippen molar-refractivity contribution in [3.8, 4) is 6.07 Å². The SMILES string of the molecule is CC1(C)CCCC(c2ccc(CC#N)cc2)C1. The predicted molar refractivity (Wildman–Crippen MR) is 70.7 cm³/mol. The fourth-order valence-electron chi connectivity index (χ4n) is 2.98. The van der Waals surface area contributed by atoms with E-state index in [9.17, 15) is 0 Å². The molecule has 0 amide bonds. The number of nitrogens with zero attached hydrogens (tertiary/aromatic N) is 1. The van der Waals surface area contributed by atoms with E-state index in [4.69, 9.17) is 5.26 Å². The van der Waals surface area contributed by atoms with Crippen LogP contribution in [0.3, 0.4) is 0 Å². The van der Waals surface area contributed by atoms with Gasteiger partial charge in [0.2, 0.25) is 0 Å². The van der Waals surface area contributed by atoms with Gasteiger partial charge in [-0.15, -0.1) is 0 Å². The molecule has 0 N–H and O–H groups in total. The summed E-state index contributed by atoms with van der Waals surface area (Å²) >= 11 is 0. The molecule has 1 atom stereocenters. The molecule has 1 saturated carbocycles. The molecule has 0 bridgehead atoms. The molecule has 1 aromatic rings. The molecule has 90 valence electrons. The highest BCUT2D eigenvalue weighted by Gasteiger charge is 2.28. The summed E-state index contributed by atoms with van der Waals surface area (Å²) in [6.45, 7) is 4.76. The summed E-state index contributed by atoms with van der Waals surface area (Å²) in [5.74, 6) is 0.717. The number of hydrogen-bond donors (Lipinski definition) is 0. The van der Waals surface area contributed by atoms with Gasteiger partial charge in [0.05, 0.1) is 12.5 Å². The van der Waals surface area contributed by atoms with Gasteiger partial charge in [0.25, 0.3) is 0 Å². The van der Waals surface area contributed by atoms with Gasteiger partial charge in [0.1, 0.15) is 0 Å². The Labute approximate surface area is 104 Å². The summed E-state index contributed by atoms with van der Waals surface area (Å²) in [4.78, 5) is 0. The Hall–Kier alpha value is -1.29. The van der Waals surface area contributed by atoms with Crippen molar-refractivity contribution in [1.29, 1.82) is 5.26 Å². The predicted octanol–water partition coefficient (Wildman–Crippen LogP) is 4.44. The second-order valence-electron chi connectivity index (χ2n) is 6.03. The van der Waals surface area contributed by atoms with Crippen LogP contribution in [-0.4, -0.2) is 0 Å². The van der Waals surface area contributed by atoms with Gasteiger partial charge in [-0.3, -0.25) is 0 Å². The maximum atomic E-state index is 8.66. The van der Waals surface area contributed by atoms with Gasteiger partial charge < -0.3 is 0 Å². The van der Waals surface area contributed by atoms with Crippen LogP contribution in [0.4, 0.5) is 0 Å². The average Bonchev–Trinajstić information content (AvgIpc) is 2.29. The van der Waals surface area contributed by atoms with E-state index in [1.807, 2.05) is 0 Å². The zero-order valence-corrected chi connectivity index (χ0v) is 10.9. The topological polar surface area (TPSA) is 23.8 Å². The second kappa shape index (κ2) is 4.92. The molecule has 0 spiro atoms. The van der Waals surface area contributed by atoms with Gasteiger partial charge in [0.15, 0.2) is 0 Å². The quantitative estimate of drug-likeness (QED) is 0.733. The van der Waals surface area contributed by atoms with E-state index in [2.05, 4.69) is 44.2 Å². The fourth-order valence-corrected chi connectivity index (χ4v) is 2.98. The van der Waals surface area contributed by atoms with Crippen LogP contribution in [0.1, 0.15) is 56.6 Å². The highest BCUT2D eigenvalue weighted by Crippen LogP contribution is 2.43. The van der Waals surface area contributed by atoms with E-state index in [-0.39, 0.29) is 0 Å². The summed E-state index contributed by atoms with van der Waals surface area (Å²) < 4.78 is 0. The third kappa shape index (κ3) is 3.09. The van der Waals surface area contributed by atoms with Crippen LogP contribution in [0.25, 0.3) is 0 Å². The van der Waals surface area contributed by atoms with Gasteiger partial charge >= 0.3 is 0 Å². The molecule has 17 heavy (non-hydrogen) atoms. The normalized spacial score (nSPS) is 23.0. The Morgan fingerprint density at radius 1 is 1.29 bits per heavy atom. The third-order valence-electron chi connectivity index (χ3n) is 3.94. The number of nitriles is 1. The standard InChI is InChI=1S/C16H21N/c1-16(2)10-3-4-15(12-16)14-7-5-13(6-8-14)9-11-17/h5-8,15H,3-4,9-10,12H2,1-2H3. The van der Waals surface area contributed by atoms with Gasteiger partial charge in [-0.1, -0.05) is 44.5 Å². The molecule has 0 radical (unpaired) electrons. The lowest BCUT2D eigenvalue weighted by atomic mass is 9.70. The minimum absolute atomic E-state index is 0.494. The molecule has 0 heterocycles. The zero-order chi connectivity index (χ0) is 12.3. The number of hydrogen-bond acceptors (Lipinski definition) is 1. The van der Waals surface area contributed by atoms with Gasteiger partial charge in [0, 0.05) is 0 Å². The molecule has 0 aromatic heterocycles. The lowest BCUT2D eigenvalue weighted by Gasteiger charge is -2.35. The summed E-state index contributed by atoms with van der Waals surface area (Å²) in [5.41, 5.74) is 3.08. The molecule has 2 rings (SSSR count). The van der Waals surface area contributed by atoms with Crippen molar-refractivity contribution >= 4 is 0 Å². The minimum atomic E-state index is 0.494. The minimum Gasteiger partial charge on any atom is -0.198 e. The highest BCUT2D eigenvalue weighted by atomic mass is 14.3. The van der Waals surface area contributed by atoms with Crippen molar-refractivity contribution in [2.45, 2.75) is 51.9 Å². The van der Waals surface area contributed by atoms with Crippen molar-refractivity contribution < 1.29 is 0 Å². The van der Waals surface area contributed by atoms with Gasteiger partial charge in [-0.2, -0.15) is 5.26 Å². The molecule has 1 heteroatoms.